The second-order valence-corrected chi connectivity index (χ2v) is 2.03. The number of methoxy groups -OCH3 is 1. The number of rotatable bonds is 2. The molecule has 5 heteroatoms. The van der Waals surface area contributed by atoms with Crippen molar-refractivity contribution < 1.29 is 9.53 Å². The lowest BCUT2D eigenvalue weighted by Crippen LogP contribution is -2.03. The van der Waals surface area contributed by atoms with Crippen LogP contribution in [-0.4, -0.2) is 22.9 Å². The molecule has 0 aliphatic heterocycles. The Morgan fingerprint density at radius 2 is 2.67 bits per heavy atom. The fourth-order valence-electron chi connectivity index (χ4n) is 0.726. The molecule has 1 aromatic heterocycles. The van der Waals surface area contributed by atoms with Crippen LogP contribution >= 0.6 is 0 Å². The first-order chi connectivity index (χ1) is 5.77. The second kappa shape index (κ2) is 3.53. The molecular weight excluding hydrogens is 158 g/mol. The van der Waals surface area contributed by atoms with Crippen molar-refractivity contribution in [2.75, 3.05) is 7.11 Å². The van der Waals surface area contributed by atoms with Gasteiger partial charge in [-0.1, -0.05) is 0 Å². The topological polar surface area (TPSA) is 48.5 Å². The third kappa shape index (κ3) is 1.61. The van der Waals surface area contributed by atoms with E-state index in [0.29, 0.717) is 0 Å². The summed E-state index contributed by atoms with van der Waals surface area (Å²) in [6.45, 7) is 6.67. The van der Waals surface area contributed by atoms with Gasteiger partial charge >= 0.3 is 12.6 Å². The van der Waals surface area contributed by atoms with Crippen LogP contribution < -0.4 is 0 Å². The number of carbonyl (C=O) groups is 1. The normalized spacial score (nSPS) is 9.00. The maximum absolute atomic E-state index is 10.9. The highest BCUT2D eigenvalue weighted by Crippen LogP contribution is 1.97. The lowest BCUT2D eigenvalue weighted by molar-refractivity contribution is 0.0593. The van der Waals surface area contributed by atoms with Crippen LogP contribution in [-0.2, 0) is 11.4 Å². The molecule has 1 heterocycles. The van der Waals surface area contributed by atoms with Gasteiger partial charge in [0.1, 0.15) is 0 Å². The van der Waals surface area contributed by atoms with E-state index in [1.54, 1.807) is 6.20 Å². The smallest absolute Gasteiger partial charge is 0.358 e. The highest BCUT2D eigenvalue weighted by molar-refractivity contribution is 5.86. The van der Waals surface area contributed by atoms with Gasteiger partial charge < -0.3 is 4.74 Å². The molecule has 0 aromatic carbocycles. The van der Waals surface area contributed by atoms with Gasteiger partial charge in [-0.05, 0) is 6.07 Å². The Morgan fingerprint density at radius 3 is 3.25 bits per heavy atom. The number of ether oxygens (including phenoxy) is 1. The Labute approximate surface area is 69.4 Å². The standard InChI is InChI=1S/C7H7N3O2/c1-8-5-10-4-3-6(9-10)7(11)12-2/h3-4H,5H2,2H3. The van der Waals surface area contributed by atoms with Gasteiger partial charge in [-0.25, -0.2) is 16.0 Å². The molecular formula is C7H7N3O2. The number of esters is 1. The zero-order valence-corrected chi connectivity index (χ0v) is 6.52. The van der Waals surface area contributed by atoms with Gasteiger partial charge in [0.2, 0.25) is 0 Å². The van der Waals surface area contributed by atoms with Crippen LogP contribution in [0.1, 0.15) is 10.5 Å². The van der Waals surface area contributed by atoms with Crippen LogP contribution in [0.5, 0.6) is 0 Å². The van der Waals surface area contributed by atoms with E-state index in [2.05, 4.69) is 14.7 Å². The Bertz CT molecular complexity index is 324. The van der Waals surface area contributed by atoms with Crippen LogP contribution in [0.3, 0.4) is 0 Å². The zero-order chi connectivity index (χ0) is 8.97. The average Bonchev–Trinajstić information content (AvgIpc) is 2.52. The van der Waals surface area contributed by atoms with Crippen LogP contribution in [0.25, 0.3) is 4.85 Å². The SMILES string of the molecule is [C-]#[N+]Cn1ccc(C(=O)OC)n1. The van der Waals surface area contributed by atoms with Gasteiger partial charge in [-0.3, -0.25) is 4.85 Å². The molecule has 0 saturated heterocycles. The van der Waals surface area contributed by atoms with E-state index >= 15 is 0 Å². The molecule has 0 unspecified atom stereocenters. The van der Waals surface area contributed by atoms with Gasteiger partial charge in [0.15, 0.2) is 5.69 Å². The summed E-state index contributed by atoms with van der Waals surface area (Å²) in [6.07, 6.45) is 1.56. The van der Waals surface area contributed by atoms with Gasteiger partial charge in [0.25, 0.3) is 0 Å². The predicted molar refractivity (Wildman–Crippen MR) is 40.2 cm³/mol. The van der Waals surface area contributed by atoms with Crippen molar-refractivity contribution in [2.24, 2.45) is 0 Å². The minimum absolute atomic E-state index is 0.122. The lowest BCUT2D eigenvalue weighted by atomic mass is 10.4. The summed E-state index contributed by atoms with van der Waals surface area (Å²) < 4.78 is 5.81. The molecule has 0 amide bonds. The molecule has 0 saturated carbocycles. The maximum atomic E-state index is 10.9. The summed E-state index contributed by atoms with van der Waals surface area (Å²) in [5.74, 6) is -0.487. The first kappa shape index (κ1) is 8.27. The van der Waals surface area contributed by atoms with Crippen molar-refractivity contribution >= 4 is 5.97 Å². The highest BCUT2D eigenvalue weighted by Gasteiger charge is 2.08. The Kier molecular flexibility index (Phi) is 2.43. The third-order valence-corrected chi connectivity index (χ3v) is 1.25. The number of hydrogen-bond acceptors (Lipinski definition) is 3. The largest absolute Gasteiger partial charge is 0.464 e. The summed E-state index contributed by atoms with van der Waals surface area (Å²) in [5, 5.41) is 3.80. The Balaban J connectivity index is 2.78. The molecule has 1 aromatic rings. The Hall–Kier alpha value is -1.83. The van der Waals surface area contributed by atoms with E-state index in [1.807, 2.05) is 0 Å². The van der Waals surface area contributed by atoms with Gasteiger partial charge in [-0.15, -0.1) is 0 Å². The summed E-state index contributed by atoms with van der Waals surface area (Å²) in [5.41, 5.74) is 0.223. The number of nitrogens with zero attached hydrogens (tertiary/aromatic N) is 3. The van der Waals surface area contributed by atoms with Gasteiger partial charge in [0, 0.05) is 6.20 Å². The minimum Gasteiger partial charge on any atom is -0.464 e. The molecule has 62 valence electrons. The molecule has 5 nitrogen and oxygen atoms in total. The van der Waals surface area contributed by atoms with E-state index < -0.39 is 5.97 Å². The van der Waals surface area contributed by atoms with E-state index in [0.717, 1.165) is 0 Å². The highest BCUT2D eigenvalue weighted by atomic mass is 16.5. The van der Waals surface area contributed by atoms with Crippen molar-refractivity contribution in [3.05, 3.63) is 29.4 Å². The fourth-order valence-corrected chi connectivity index (χ4v) is 0.726. The molecule has 0 aliphatic rings. The van der Waals surface area contributed by atoms with Gasteiger partial charge in [0.05, 0.1) is 7.11 Å². The number of carbonyl (C=O) groups excluding carboxylic acids is 1. The quantitative estimate of drug-likeness (QED) is 0.475. The van der Waals surface area contributed by atoms with E-state index in [-0.39, 0.29) is 12.4 Å². The summed E-state index contributed by atoms with van der Waals surface area (Å²) in [4.78, 5) is 14.0. The van der Waals surface area contributed by atoms with Gasteiger partial charge in [-0.2, -0.15) is 5.10 Å². The number of aromatic nitrogens is 2. The zero-order valence-electron chi connectivity index (χ0n) is 6.52. The van der Waals surface area contributed by atoms with E-state index in [4.69, 9.17) is 6.57 Å². The second-order valence-electron chi connectivity index (χ2n) is 2.03. The molecule has 12 heavy (non-hydrogen) atoms. The molecule has 0 aliphatic carbocycles. The lowest BCUT2D eigenvalue weighted by Gasteiger charge is -1.91. The van der Waals surface area contributed by atoms with Crippen LogP contribution in [0.4, 0.5) is 0 Å². The molecule has 0 bridgehead atoms. The van der Waals surface area contributed by atoms with Crippen LogP contribution in [0, 0.1) is 6.57 Å². The number of hydrogen-bond donors (Lipinski definition) is 0. The van der Waals surface area contributed by atoms with Crippen molar-refractivity contribution in [1.29, 1.82) is 0 Å². The summed E-state index contributed by atoms with van der Waals surface area (Å²) >= 11 is 0. The summed E-state index contributed by atoms with van der Waals surface area (Å²) in [7, 11) is 1.29. The first-order valence-electron chi connectivity index (χ1n) is 3.23. The van der Waals surface area contributed by atoms with Crippen molar-refractivity contribution in [3.63, 3.8) is 0 Å². The predicted octanol–water partition coefficient (Wildman–Crippen LogP) is 0.546. The maximum Gasteiger partial charge on any atom is 0.358 e. The molecule has 1 rings (SSSR count). The molecule has 0 radical (unpaired) electrons. The van der Waals surface area contributed by atoms with Crippen molar-refractivity contribution in [3.8, 4) is 0 Å². The molecule has 0 N–H and O–H groups in total. The molecule has 0 fully saturated rings. The Morgan fingerprint density at radius 1 is 1.92 bits per heavy atom. The molecule has 0 atom stereocenters. The van der Waals surface area contributed by atoms with E-state index in [1.165, 1.54) is 17.9 Å². The first-order valence-corrected chi connectivity index (χ1v) is 3.23. The fraction of sp³-hybridized carbons (Fsp3) is 0.286. The minimum atomic E-state index is -0.487. The molecule has 0 spiro atoms. The monoisotopic (exact) mass is 165 g/mol. The van der Waals surface area contributed by atoms with Crippen LogP contribution in [0.2, 0.25) is 0 Å². The van der Waals surface area contributed by atoms with Crippen molar-refractivity contribution in [2.45, 2.75) is 6.67 Å². The third-order valence-electron chi connectivity index (χ3n) is 1.25. The summed E-state index contributed by atoms with van der Waals surface area (Å²) in [6, 6.07) is 1.51. The van der Waals surface area contributed by atoms with Crippen LogP contribution in [0.15, 0.2) is 12.3 Å². The van der Waals surface area contributed by atoms with E-state index in [9.17, 15) is 4.79 Å². The van der Waals surface area contributed by atoms with Crippen molar-refractivity contribution in [1.82, 2.24) is 9.78 Å². The average molecular weight is 165 g/mol.